The molecule has 1 fully saturated rings. The second kappa shape index (κ2) is 6.58. The third-order valence-electron chi connectivity index (χ3n) is 3.77. The smallest absolute Gasteiger partial charge is 0.133 e. The zero-order chi connectivity index (χ0) is 13.0. The van der Waals surface area contributed by atoms with Crippen molar-refractivity contribution in [3.63, 3.8) is 0 Å². The maximum atomic E-state index is 5.90. The highest BCUT2D eigenvalue weighted by molar-refractivity contribution is 9.10. The van der Waals surface area contributed by atoms with Gasteiger partial charge in [0.05, 0.1) is 11.1 Å². The third-order valence-corrected chi connectivity index (χ3v) is 4.39. The molecule has 0 amide bonds. The van der Waals surface area contributed by atoms with Gasteiger partial charge < -0.3 is 10.1 Å². The summed E-state index contributed by atoms with van der Waals surface area (Å²) in [6.45, 7) is 7.50. The predicted octanol–water partition coefficient (Wildman–Crippen LogP) is 3.95. The number of hydrogen-bond donors (Lipinski definition) is 1. The lowest BCUT2D eigenvalue weighted by atomic mass is 9.99. The summed E-state index contributed by atoms with van der Waals surface area (Å²) in [6, 6.07) is 6.46. The molecule has 0 unspecified atom stereocenters. The molecule has 2 nitrogen and oxygen atoms in total. The molecule has 1 aliphatic rings. The number of hydrogen-bond acceptors (Lipinski definition) is 2. The van der Waals surface area contributed by atoms with Crippen molar-refractivity contribution in [2.24, 2.45) is 5.92 Å². The minimum atomic E-state index is 0.606. The van der Waals surface area contributed by atoms with E-state index in [0.717, 1.165) is 29.9 Å². The van der Waals surface area contributed by atoms with Gasteiger partial charge in [0.1, 0.15) is 5.75 Å². The van der Waals surface area contributed by atoms with Gasteiger partial charge in [0.15, 0.2) is 0 Å². The standard InChI is InChI=1S/C15H22BrNO/c1-3-11(2)13-4-5-15(14(16)8-13)18-10-12-6-7-17-9-12/h4-5,8,11-12,17H,3,6-7,9-10H2,1-2H3/t11-,12+/m0/s1. The van der Waals surface area contributed by atoms with Crippen LogP contribution >= 0.6 is 15.9 Å². The molecule has 1 heterocycles. The second-order valence-corrected chi connectivity index (χ2v) is 6.02. The van der Waals surface area contributed by atoms with E-state index in [2.05, 4.69) is 53.3 Å². The molecular formula is C15H22BrNO. The molecule has 100 valence electrons. The van der Waals surface area contributed by atoms with Gasteiger partial charge in [-0.3, -0.25) is 0 Å². The summed E-state index contributed by atoms with van der Waals surface area (Å²) in [5.41, 5.74) is 1.37. The molecule has 2 rings (SSSR count). The van der Waals surface area contributed by atoms with Crippen molar-refractivity contribution < 1.29 is 4.74 Å². The van der Waals surface area contributed by atoms with Crippen LogP contribution in [0.5, 0.6) is 5.75 Å². The van der Waals surface area contributed by atoms with Crippen LogP contribution in [-0.2, 0) is 0 Å². The number of ether oxygens (including phenoxy) is 1. The highest BCUT2D eigenvalue weighted by atomic mass is 79.9. The van der Waals surface area contributed by atoms with E-state index in [1.54, 1.807) is 0 Å². The SMILES string of the molecule is CC[C@H](C)c1ccc(OC[C@@H]2CCNC2)c(Br)c1. The Morgan fingerprint density at radius 3 is 2.94 bits per heavy atom. The van der Waals surface area contributed by atoms with E-state index in [0.29, 0.717) is 11.8 Å². The van der Waals surface area contributed by atoms with Gasteiger partial charge in [-0.25, -0.2) is 0 Å². The predicted molar refractivity (Wildman–Crippen MR) is 79.3 cm³/mol. The fourth-order valence-electron chi connectivity index (χ4n) is 2.24. The summed E-state index contributed by atoms with van der Waals surface area (Å²) in [4.78, 5) is 0. The van der Waals surface area contributed by atoms with E-state index in [-0.39, 0.29) is 0 Å². The molecule has 0 spiro atoms. The number of nitrogens with one attached hydrogen (secondary N) is 1. The van der Waals surface area contributed by atoms with Gasteiger partial charge in [-0.15, -0.1) is 0 Å². The molecule has 18 heavy (non-hydrogen) atoms. The summed E-state index contributed by atoms with van der Waals surface area (Å²) < 4.78 is 6.98. The zero-order valence-electron chi connectivity index (χ0n) is 11.2. The highest BCUT2D eigenvalue weighted by Gasteiger charge is 2.15. The Morgan fingerprint density at radius 1 is 1.50 bits per heavy atom. The minimum absolute atomic E-state index is 0.606. The summed E-state index contributed by atoms with van der Waals surface area (Å²) in [5, 5.41) is 3.36. The first-order chi connectivity index (χ1) is 8.70. The van der Waals surface area contributed by atoms with Gasteiger partial charge in [-0.05, 0) is 58.9 Å². The van der Waals surface area contributed by atoms with Crippen molar-refractivity contribution in [1.82, 2.24) is 5.32 Å². The Bertz CT molecular complexity index is 388. The van der Waals surface area contributed by atoms with E-state index in [4.69, 9.17) is 4.74 Å². The van der Waals surface area contributed by atoms with Crippen LogP contribution in [0.4, 0.5) is 0 Å². The van der Waals surface area contributed by atoms with E-state index >= 15 is 0 Å². The Hall–Kier alpha value is -0.540. The molecule has 0 radical (unpaired) electrons. The van der Waals surface area contributed by atoms with Gasteiger partial charge >= 0.3 is 0 Å². The molecule has 1 aromatic carbocycles. The van der Waals surface area contributed by atoms with Crippen LogP contribution in [-0.4, -0.2) is 19.7 Å². The number of benzene rings is 1. The molecule has 0 saturated carbocycles. The molecular weight excluding hydrogens is 290 g/mol. The molecule has 0 bridgehead atoms. The highest BCUT2D eigenvalue weighted by Crippen LogP contribution is 2.30. The first kappa shape index (κ1) is 13.9. The lowest BCUT2D eigenvalue weighted by Gasteiger charge is -2.15. The van der Waals surface area contributed by atoms with Crippen molar-refractivity contribution >= 4 is 15.9 Å². The van der Waals surface area contributed by atoms with Gasteiger partial charge in [-0.2, -0.15) is 0 Å². The number of rotatable bonds is 5. The van der Waals surface area contributed by atoms with Crippen molar-refractivity contribution in [2.75, 3.05) is 19.7 Å². The quantitative estimate of drug-likeness (QED) is 0.889. The number of halogens is 1. The summed E-state index contributed by atoms with van der Waals surface area (Å²) in [5.74, 6) is 2.23. The molecule has 1 aliphatic heterocycles. The summed E-state index contributed by atoms with van der Waals surface area (Å²) in [7, 11) is 0. The first-order valence-electron chi connectivity index (χ1n) is 6.83. The van der Waals surface area contributed by atoms with Crippen LogP contribution < -0.4 is 10.1 Å². The summed E-state index contributed by atoms with van der Waals surface area (Å²) >= 11 is 3.61. The fourth-order valence-corrected chi connectivity index (χ4v) is 2.75. The van der Waals surface area contributed by atoms with Crippen molar-refractivity contribution in [3.8, 4) is 5.75 Å². The largest absolute Gasteiger partial charge is 0.492 e. The van der Waals surface area contributed by atoms with Crippen molar-refractivity contribution in [2.45, 2.75) is 32.6 Å². The van der Waals surface area contributed by atoms with Gasteiger partial charge in [0, 0.05) is 12.5 Å². The normalized spacial score (nSPS) is 20.9. The molecule has 1 saturated heterocycles. The van der Waals surface area contributed by atoms with Crippen LogP contribution in [0.15, 0.2) is 22.7 Å². The molecule has 0 aliphatic carbocycles. The lowest BCUT2D eigenvalue weighted by Crippen LogP contribution is -2.15. The summed E-state index contributed by atoms with van der Waals surface area (Å²) in [6.07, 6.45) is 2.39. The molecule has 1 aromatic rings. The van der Waals surface area contributed by atoms with Crippen molar-refractivity contribution in [3.05, 3.63) is 28.2 Å². The van der Waals surface area contributed by atoms with Crippen LogP contribution in [0.3, 0.4) is 0 Å². The lowest BCUT2D eigenvalue weighted by molar-refractivity contribution is 0.258. The fraction of sp³-hybridized carbons (Fsp3) is 0.600. The van der Waals surface area contributed by atoms with Gasteiger partial charge in [0.25, 0.3) is 0 Å². The van der Waals surface area contributed by atoms with Crippen LogP contribution in [0.25, 0.3) is 0 Å². The molecule has 2 atom stereocenters. The van der Waals surface area contributed by atoms with Crippen molar-refractivity contribution in [1.29, 1.82) is 0 Å². The zero-order valence-corrected chi connectivity index (χ0v) is 12.8. The topological polar surface area (TPSA) is 21.3 Å². The van der Waals surface area contributed by atoms with Crippen LogP contribution in [0, 0.1) is 5.92 Å². The Kier molecular flexibility index (Phi) is 5.07. The van der Waals surface area contributed by atoms with Crippen LogP contribution in [0.2, 0.25) is 0 Å². The Morgan fingerprint density at radius 2 is 2.33 bits per heavy atom. The van der Waals surface area contributed by atoms with Gasteiger partial charge in [-0.1, -0.05) is 19.9 Å². The molecule has 0 aromatic heterocycles. The van der Waals surface area contributed by atoms with Gasteiger partial charge in [0.2, 0.25) is 0 Å². The monoisotopic (exact) mass is 311 g/mol. The average molecular weight is 312 g/mol. The van der Waals surface area contributed by atoms with Crippen LogP contribution in [0.1, 0.15) is 38.2 Å². The minimum Gasteiger partial charge on any atom is -0.492 e. The molecule has 3 heteroatoms. The van der Waals surface area contributed by atoms with E-state index in [1.807, 2.05) is 0 Å². The first-order valence-corrected chi connectivity index (χ1v) is 7.63. The maximum absolute atomic E-state index is 5.90. The second-order valence-electron chi connectivity index (χ2n) is 5.17. The Labute approximate surface area is 118 Å². The Balaban J connectivity index is 1.96. The average Bonchev–Trinajstić information content (AvgIpc) is 2.89. The molecule has 1 N–H and O–H groups in total. The third kappa shape index (κ3) is 3.48. The maximum Gasteiger partial charge on any atom is 0.133 e. The van der Waals surface area contributed by atoms with E-state index in [1.165, 1.54) is 18.4 Å². The van der Waals surface area contributed by atoms with E-state index in [9.17, 15) is 0 Å². The van der Waals surface area contributed by atoms with E-state index < -0.39 is 0 Å².